The molecule has 3 aliphatic heterocycles. The number of hydrogen-bond acceptors (Lipinski definition) is 4. The number of imide groups is 1. The van der Waals surface area contributed by atoms with E-state index in [2.05, 4.69) is 0 Å². The standard InChI is InChI=1S/C17H16N3O3S/c1-18-14(21)11-9-13(24-16(11)19(2)17(18)23)15(22)20-8-7-10-5-3-4-6-12(10)20/h3-6,9,11H,7-8H2,1-2H3/q+1. The van der Waals surface area contributed by atoms with E-state index in [1.54, 1.807) is 18.0 Å². The number of thioether (sulfide) groups is 1. The number of nitrogens with zero attached hydrogens (tertiary/aromatic N) is 3. The second kappa shape index (κ2) is 5.31. The quantitative estimate of drug-likeness (QED) is 0.725. The topological polar surface area (TPSA) is 60.7 Å². The lowest BCUT2D eigenvalue weighted by Crippen LogP contribution is -2.49. The van der Waals surface area contributed by atoms with E-state index in [1.807, 2.05) is 24.3 Å². The Hall–Kier alpha value is -2.41. The maximum atomic E-state index is 12.9. The van der Waals surface area contributed by atoms with Gasteiger partial charge in [0.2, 0.25) is 0 Å². The van der Waals surface area contributed by atoms with Crippen LogP contribution in [-0.2, 0) is 16.0 Å². The van der Waals surface area contributed by atoms with Crippen molar-refractivity contribution < 1.29 is 19.0 Å². The largest absolute Gasteiger partial charge is 0.500 e. The zero-order chi connectivity index (χ0) is 17.0. The highest BCUT2D eigenvalue weighted by Gasteiger charge is 2.48. The molecule has 3 heterocycles. The lowest BCUT2D eigenvalue weighted by atomic mass is 10.1. The smallest absolute Gasteiger partial charge is 0.307 e. The summed E-state index contributed by atoms with van der Waals surface area (Å²) < 4.78 is 1.45. The van der Waals surface area contributed by atoms with Gasteiger partial charge in [-0.1, -0.05) is 18.2 Å². The van der Waals surface area contributed by atoms with Gasteiger partial charge in [-0.25, -0.2) is 4.79 Å². The number of fused-ring (bicyclic) bond motifs is 2. The molecular weight excluding hydrogens is 326 g/mol. The molecule has 7 heteroatoms. The van der Waals surface area contributed by atoms with E-state index in [9.17, 15) is 14.4 Å². The van der Waals surface area contributed by atoms with Crippen molar-refractivity contribution in [2.75, 3.05) is 25.5 Å². The molecule has 24 heavy (non-hydrogen) atoms. The summed E-state index contributed by atoms with van der Waals surface area (Å²) in [6.07, 6.45) is 2.52. The van der Waals surface area contributed by atoms with Crippen LogP contribution in [0.15, 0.2) is 35.2 Å². The maximum Gasteiger partial charge on any atom is 0.500 e. The lowest BCUT2D eigenvalue weighted by Gasteiger charge is -2.19. The Morgan fingerprint density at radius 1 is 1.29 bits per heavy atom. The number of benzene rings is 1. The van der Waals surface area contributed by atoms with E-state index in [4.69, 9.17) is 0 Å². The summed E-state index contributed by atoms with van der Waals surface area (Å²) in [7, 11) is 3.10. The number of para-hydroxylation sites is 1. The van der Waals surface area contributed by atoms with Gasteiger partial charge >= 0.3 is 11.9 Å². The lowest BCUT2D eigenvalue weighted by molar-refractivity contribution is -0.403. The number of carbonyl (C=O) groups excluding carboxylic acids is 3. The first-order valence-corrected chi connectivity index (χ1v) is 8.52. The van der Waals surface area contributed by atoms with Crippen molar-refractivity contribution in [1.29, 1.82) is 0 Å². The summed E-state index contributed by atoms with van der Waals surface area (Å²) in [5, 5.41) is 0.610. The Morgan fingerprint density at radius 2 is 2.04 bits per heavy atom. The number of urea groups is 1. The number of carbonyl (C=O) groups is 3. The second-order valence-electron chi connectivity index (χ2n) is 6.02. The monoisotopic (exact) mass is 342 g/mol. The Balaban J connectivity index is 1.67. The predicted molar refractivity (Wildman–Crippen MR) is 91.0 cm³/mol. The predicted octanol–water partition coefficient (Wildman–Crippen LogP) is 1.46. The molecule has 0 bridgehead atoms. The minimum atomic E-state index is -0.542. The Kier molecular flexibility index (Phi) is 3.35. The molecule has 0 radical (unpaired) electrons. The first-order chi connectivity index (χ1) is 11.5. The van der Waals surface area contributed by atoms with Crippen molar-refractivity contribution in [3.05, 3.63) is 40.8 Å². The van der Waals surface area contributed by atoms with Gasteiger partial charge in [-0.2, -0.15) is 14.3 Å². The summed E-state index contributed by atoms with van der Waals surface area (Å²) >= 11 is 1.23. The van der Waals surface area contributed by atoms with Crippen molar-refractivity contribution in [3.63, 3.8) is 0 Å². The molecule has 0 saturated heterocycles. The fourth-order valence-corrected chi connectivity index (χ4v) is 4.44. The molecule has 0 spiro atoms. The molecule has 122 valence electrons. The van der Waals surface area contributed by atoms with E-state index in [0.717, 1.165) is 22.6 Å². The van der Waals surface area contributed by atoms with E-state index in [1.165, 1.54) is 23.4 Å². The first kappa shape index (κ1) is 15.1. The summed E-state index contributed by atoms with van der Waals surface area (Å²) in [6.45, 7) is 0.638. The number of hydrogen-bond donors (Lipinski definition) is 0. The fourth-order valence-electron chi connectivity index (χ4n) is 3.31. The molecule has 1 aromatic carbocycles. The fraction of sp³-hybridized carbons (Fsp3) is 0.294. The molecular formula is C17H16N3O3S+. The molecule has 0 aromatic heterocycles. The van der Waals surface area contributed by atoms with Crippen LogP contribution in [0.2, 0.25) is 0 Å². The highest BCUT2D eigenvalue weighted by Crippen LogP contribution is 2.38. The average Bonchev–Trinajstić information content (AvgIpc) is 3.22. The molecule has 1 unspecified atom stereocenters. The molecule has 0 aliphatic carbocycles. The van der Waals surface area contributed by atoms with Crippen LogP contribution in [0.1, 0.15) is 5.56 Å². The first-order valence-electron chi connectivity index (χ1n) is 7.70. The van der Waals surface area contributed by atoms with Gasteiger partial charge in [-0.3, -0.25) is 4.79 Å². The molecule has 0 N–H and O–H groups in total. The van der Waals surface area contributed by atoms with Crippen molar-refractivity contribution in [3.8, 4) is 0 Å². The summed E-state index contributed by atoms with van der Waals surface area (Å²) in [5.41, 5.74) is 2.08. The minimum Gasteiger partial charge on any atom is -0.307 e. The van der Waals surface area contributed by atoms with E-state index >= 15 is 0 Å². The van der Waals surface area contributed by atoms with Gasteiger partial charge in [0.15, 0.2) is 5.04 Å². The molecule has 3 aliphatic rings. The van der Waals surface area contributed by atoms with Crippen LogP contribution in [-0.4, -0.2) is 53.0 Å². The van der Waals surface area contributed by atoms with Gasteiger partial charge in [0.25, 0.3) is 5.91 Å². The van der Waals surface area contributed by atoms with E-state index in [-0.39, 0.29) is 17.8 Å². The normalized spacial score (nSPS) is 22.8. The van der Waals surface area contributed by atoms with E-state index in [0.29, 0.717) is 16.5 Å². The average molecular weight is 342 g/mol. The van der Waals surface area contributed by atoms with Crippen LogP contribution in [0.25, 0.3) is 0 Å². The molecule has 0 fully saturated rings. The van der Waals surface area contributed by atoms with Crippen molar-refractivity contribution in [2.45, 2.75) is 6.42 Å². The summed E-state index contributed by atoms with van der Waals surface area (Å²) in [4.78, 5) is 40.7. The van der Waals surface area contributed by atoms with Crippen LogP contribution in [0.4, 0.5) is 10.5 Å². The van der Waals surface area contributed by atoms with Crippen LogP contribution >= 0.6 is 11.8 Å². The molecule has 4 rings (SSSR count). The zero-order valence-electron chi connectivity index (χ0n) is 13.4. The summed E-state index contributed by atoms with van der Waals surface area (Å²) in [5.74, 6) is -0.937. The zero-order valence-corrected chi connectivity index (χ0v) is 14.2. The van der Waals surface area contributed by atoms with Crippen LogP contribution in [0.3, 0.4) is 0 Å². The SMILES string of the molecule is CN1C(=O)C2C=C(C(=O)N3CCc4ccccc43)SC2=[N+](C)C1=O. The Bertz CT molecular complexity index is 858. The third-order valence-corrected chi connectivity index (χ3v) is 5.91. The van der Waals surface area contributed by atoms with Gasteiger partial charge in [-0.05, 0) is 35.9 Å². The van der Waals surface area contributed by atoms with Crippen molar-refractivity contribution in [1.82, 2.24) is 4.90 Å². The van der Waals surface area contributed by atoms with Crippen molar-refractivity contribution >= 4 is 40.3 Å². The molecule has 1 atom stereocenters. The Labute approximate surface area is 143 Å². The molecule has 1 aromatic rings. The summed E-state index contributed by atoms with van der Waals surface area (Å²) in [6, 6.07) is 7.48. The number of rotatable bonds is 1. The van der Waals surface area contributed by atoms with E-state index < -0.39 is 5.92 Å². The highest BCUT2D eigenvalue weighted by molar-refractivity contribution is 8.18. The Morgan fingerprint density at radius 3 is 2.83 bits per heavy atom. The van der Waals surface area contributed by atoms with Gasteiger partial charge in [0.05, 0.1) is 19.0 Å². The maximum absolute atomic E-state index is 12.9. The van der Waals surface area contributed by atoms with Crippen LogP contribution < -0.4 is 4.90 Å². The molecule has 6 nitrogen and oxygen atoms in total. The molecule has 4 amide bonds. The van der Waals surface area contributed by atoms with Gasteiger partial charge in [0, 0.05) is 12.2 Å². The van der Waals surface area contributed by atoms with Crippen LogP contribution in [0, 0.1) is 5.92 Å². The third kappa shape index (κ3) is 2.04. The number of amides is 4. The van der Waals surface area contributed by atoms with Crippen molar-refractivity contribution in [2.24, 2.45) is 5.92 Å². The molecule has 0 saturated carbocycles. The second-order valence-corrected chi connectivity index (χ2v) is 7.09. The number of anilines is 1. The highest BCUT2D eigenvalue weighted by atomic mass is 32.2. The third-order valence-electron chi connectivity index (χ3n) is 4.64. The van der Waals surface area contributed by atoms with Gasteiger partial charge in [0.1, 0.15) is 5.92 Å². The minimum absolute atomic E-state index is 0.108. The van der Waals surface area contributed by atoms with Gasteiger partial charge < -0.3 is 4.90 Å². The van der Waals surface area contributed by atoms with Crippen LogP contribution in [0.5, 0.6) is 0 Å². The van der Waals surface area contributed by atoms with Gasteiger partial charge in [-0.15, -0.1) is 0 Å².